The molecule has 0 amide bonds. The standard InChI is InChI=1S/C10H11N3OS/c1-7-12-13-10(15-7)6-14-9-5-3-2-4-8(9)11/h2-5H,6,11H2,1H3. The molecular weight excluding hydrogens is 210 g/mol. The lowest BCUT2D eigenvalue weighted by molar-refractivity contribution is 0.306. The van der Waals surface area contributed by atoms with Gasteiger partial charge in [0.1, 0.15) is 17.4 Å². The van der Waals surface area contributed by atoms with E-state index in [1.165, 1.54) is 11.3 Å². The zero-order valence-electron chi connectivity index (χ0n) is 8.30. The van der Waals surface area contributed by atoms with E-state index in [1.807, 2.05) is 25.1 Å². The second kappa shape index (κ2) is 4.27. The van der Waals surface area contributed by atoms with Gasteiger partial charge in [0.05, 0.1) is 5.69 Å². The van der Waals surface area contributed by atoms with Gasteiger partial charge in [-0.1, -0.05) is 23.5 Å². The summed E-state index contributed by atoms with van der Waals surface area (Å²) in [7, 11) is 0. The Morgan fingerprint density at radius 3 is 2.80 bits per heavy atom. The van der Waals surface area contributed by atoms with Crippen LogP contribution in [0.3, 0.4) is 0 Å². The first-order chi connectivity index (χ1) is 7.25. The quantitative estimate of drug-likeness (QED) is 0.805. The van der Waals surface area contributed by atoms with Crippen molar-refractivity contribution in [2.45, 2.75) is 13.5 Å². The topological polar surface area (TPSA) is 61.0 Å². The van der Waals surface area contributed by atoms with E-state index in [9.17, 15) is 0 Å². The Balaban J connectivity index is 2.02. The van der Waals surface area contributed by atoms with Gasteiger partial charge in [-0.2, -0.15) is 0 Å². The third kappa shape index (κ3) is 2.44. The molecule has 0 radical (unpaired) electrons. The molecule has 0 aliphatic carbocycles. The Hall–Kier alpha value is -1.62. The fraction of sp³-hybridized carbons (Fsp3) is 0.200. The summed E-state index contributed by atoms with van der Waals surface area (Å²) in [6.45, 7) is 2.33. The first-order valence-corrected chi connectivity index (χ1v) is 5.33. The molecule has 0 spiro atoms. The summed E-state index contributed by atoms with van der Waals surface area (Å²) in [6, 6.07) is 7.40. The van der Waals surface area contributed by atoms with Gasteiger partial charge in [0.25, 0.3) is 0 Å². The molecule has 2 aromatic rings. The van der Waals surface area contributed by atoms with E-state index in [1.54, 1.807) is 6.07 Å². The van der Waals surface area contributed by atoms with Crippen molar-refractivity contribution in [3.63, 3.8) is 0 Å². The van der Waals surface area contributed by atoms with Gasteiger partial charge in [0.2, 0.25) is 0 Å². The van der Waals surface area contributed by atoms with Crippen molar-refractivity contribution >= 4 is 17.0 Å². The lowest BCUT2D eigenvalue weighted by Gasteiger charge is -2.05. The highest BCUT2D eigenvalue weighted by molar-refractivity contribution is 7.11. The van der Waals surface area contributed by atoms with Gasteiger partial charge in [-0.15, -0.1) is 10.2 Å². The second-order valence-electron chi connectivity index (χ2n) is 3.04. The first-order valence-electron chi connectivity index (χ1n) is 4.52. The van der Waals surface area contributed by atoms with E-state index in [2.05, 4.69) is 10.2 Å². The van der Waals surface area contributed by atoms with Crippen LogP contribution in [0.1, 0.15) is 10.0 Å². The number of benzene rings is 1. The summed E-state index contributed by atoms with van der Waals surface area (Å²) >= 11 is 1.52. The zero-order chi connectivity index (χ0) is 10.7. The minimum atomic E-state index is 0.416. The molecule has 0 aliphatic heterocycles. The van der Waals surface area contributed by atoms with Gasteiger partial charge >= 0.3 is 0 Å². The van der Waals surface area contributed by atoms with Gasteiger partial charge in [-0.05, 0) is 19.1 Å². The lowest BCUT2D eigenvalue weighted by atomic mass is 10.3. The van der Waals surface area contributed by atoms with Crippen LogP contribution in [0.25, 0.3) is 0 Å². The number of hydrogen-bond acceptors (Lipinski definition) is 5. The van der Waals surface area contributed by atoms with Gasteiger partial charge < -0.3 is 10.5 Å². The molecule has 2 rings (SSSR count). The number of ether oxygens (including phenoxy) is 1. The van der Waals surface area contributed by atoms with Crippen molar-refractivity contribution in [1.29, 1.82) is 0 Å². The summed E-state index contributed by atoms with van der Waals surface area (Å²) in [6.07, 6.45) is 0. The number of aryl methyl sites for hydroxylation is 1. The molecule has 0 saturated heterocycles. The Morgan fingerprint density at radius 1 is 1.33 bits per heavy atom. The van der Waals surface area contributed by atoms with E-state index < -0.39 is 0 Å². The van der Waals surface area contributed by atoms with Crippen molar-refractivity contribution in [3.8, 4) is 5.75 Å². The molecule has 0 fully saturated rings. The van der Waals surface area contributed by atoms with Gasteiger partial charge in [0.15, 0.2) is 5.01 Å². The minimum absolute atomic E-state index is 0.416. The molecule has 5 heteroatoms. The number of anilines is 1. The van der Waals surface area contributed by atoms with Crippen LogP contribution in [0, 0.1) is 6.92 Å². The fourth-order valence-corrected chi connectivity index (χ4v) is 1.77. The van der Waals surface area contributed by atoms with Crippen LogP contribution in [0.5, 0.6) is 5.75 Å². The van der Waals surface area contributed by atoms with Crippen LogP contribution in [-0.4, -0.2) is 10.2 Å². The molecule has 1 aromatic carbocycles. The Kier molecular flexibility index (Phi) is 2.82. The molecule has 1 aromatic heterocycles. The fourth-order valence-electron chi connectivity index (χ4n) is 1.15. The summed E-state index contributed by atoms with van der Waals surface area (Å²) in [5.74, 6) is 0.686. The van der Waals surface area contributed by atoms with Crippen molar-refractivity contribution in [1.82, 2.24) is 10.2 Å². The maximum Gasteiger partial charge on any atom is 0.155 e. The van der Waals surface area contributed by atoms with Gasteiger partial charge in [-0.25, -0.2) is 0 Å². The molecule has 1 heterocycles. The van der Waals surface area contributed by atoms with Crippen LogP contribution in [-0.2, 0) is 6.61 Å². The third-order valence-electron chi connectivity index (χ3n) is 1.84. The van der Waals surface area contributed by atoms with Crippen LogP contribution in [0.15, 0.2) is 24.3 Å². The normalized spacial score (nSPS) is 10.2. The number of nitrogens with two attached hydrogens (primary N) is 1. The smallest absolute Gasteiger partial charge is 0.155 e. The molecule has 2 N–H and O–H groups in total. The van der Waals surface area contributed by atoms with Gasteiger partial charge in [-0.3, -0.25) is 0 Å². The third-order valence-corrected chi connectivity index (χ3v) is 2.65. The zero-order valence-corrected chi connectivity index (χ0v) is 9.12. The molecule has 0 atom stereocenters. The summed E-state index contributed by atoms with van der Waals surface area (Å²) < 4.78 is 5.52. The average Bonchev–Trinajstić information content (AvgIpc) is 2.63. The number of aromatic nitrogens is 2. The highest BCUT2D eigenvalue weighted by Gasteiger charge is 2.03. The molecular formula is C10H11N3OS. The molecule has 4 nitrogen and oxygen atoms in total. The number of para-hydroxylation sites is 2. The second-order valence-corrected chi connectivity index (χ2v) is 4.31. The SMILES string of the molecule is Cc1nnc(COc2ccccc2N)s1. The monoisotopic (exact) mass is 221 g/mol. The van der Waals surface area contributed by atoms with E-state index in [0.717, 1.165) is 10.0 Å². The Morgan fingerprint density at radius 2 is 2.13 bits per heavy atom. The number of nitrogen functional groups attached to an aromatic ring is 1. The Labute approximate surface area is 91.7 Å². The lowest BCUT2D eigenvalue weighted by Crippen LogP contribution is -1.98. The number of nitrogens with zero attached hydrogens (tertiary/aromatic N) is 2. The maximum atomic E-state index is 5.73. The minimum Gasteiger partial charge on any atom is -0.484 e. The van der Waals surface area contributed by atoms with Crippen LogP contribution >= 0.6 is 11.3 Å². The van der Waals surface area contributed by atoms with Crippen molar-refractivity contribution in [2.24, 2.45) is 0 Å². The Bertz CT molecular complexity index is 455. The largest absolute Gasteiger partial charge is 0.484 e. The van der Waals surface area contributed by atoms with Crippen LogP contribution in [0.4, 0.5) is 5.69 Å². The predicted octanol–water partition coefficient (Wildman–Crippen LogP) is 2.01. The molecule has 0 bridgehead atoms. The maximum absolute atomic E-state index is 5.73. The van der Waals surface area contributed by atoms with E-state index in [0.29, 0.717) is 18.0 Å². The van der Waals surface area contributed by atoms with Crippen molar-refractivity contribution < 1.29 is 4.74 Å². The van der Waals surface area contributed by atoms with Gasteiger partial charge in [0, 0.05) is 0 Å². The first kappa shape index (κ1) is 9.92. The van der Waals surface area contributed by atoms with E-state index in [4.69, 9.17) is 10.5 Å². The molecule has 15 heavy (non-hydrogen) atoms. The van der Waals surface area contributed by atoms with Crippen LogP contribution in [0.2, 0.25) is 0 Å². The number of rotatable bonds is 3. The summed E-state index contributed by atoms with van der Waals surface area (Å²) in [5, 5.41) is 9.67. The molecule has 78 valence electrons. The summed E-state index contributed by atoms with van der Waals surface area (Å²) in [5.41, 5.74) is 6.37. The van der Waals surface area contributed by atoms with E-state index in [-0.39, 0.29) is 0 Å². The highest BCUT2D eigenvalue weighted by Crippen LogP contribution is 2.21. The van der Waals surface area contributed by atoms with Crippen LogP contribution < -0.4 is 10.5 Å². The summed E-state index contributed by atoms with van der Waals surface area (Å²) in [4.78, 5) is 0. The predicted molar refractivity (Wildman–Crippen MR) is 59.8 cm³/mol. The molecule has 0 unspecified atom stereocenters. The molecule has 0 saturated carbocycles. The highest BCUT2D eigenvalue weighted by atomic mass is 32.1. The average molecular weight is 221 g/mol. The van der Waals surface area contributed by atoms with Crippen molar-refractivity contribution in [2.75, 3.05) is 5.73 Å². The molecule has 0 aliphatic rings. The van der Waals surface area contributed by atoms with Crippen molar-refractivity contribution in [3.05, 3.63) is 34.3 Å². The van der Waals surface area contributed by atoms with E-state index >= 15 is 0 Å². The number of hydrogen-bond donors (Lipinski definition) is 1.